The van der Waals surface area contributed by atoms with Crippen molar-refractivity contribution in [1.29, 1.82) is 0 Å². The van der Waals surface area contributed by atoms with Gasteiger partial charge in [-0.05, 0) is 48.5 Å². The van der Waals surface area contributed by atoms with Gasteiger partial charge in [-0.1, -0.05) is 11.6 Å². The summed E-state index contributed by atoms with van der Waals surface area (Å²) in [6, 6.07) is 13.4. The number of thiophene rings is 1. The summed E-state index contributed by atoms with van der Waals surface area (Å²) in [6.07, 6.45) is 0. The zero-order valence-electron chi connectivity index (χ0n) is 12.9. The van der Waals surface area contributed by atoms with Gasteiger partial charge in [0.1, 0.15) is 9.96 Å². The average Bonchev–Trinajstić information content (AvgIpc) is 3.05. The number of hydrogen-bond donors (Lipinski definition) is 2. The fraction of sp³-hybridized carbons (Fsp3) is 0.0667. The Labute approximate surface area is 153 Å². The Bertz CT molecular complexity index is 957. The van der Waals surface area contributed by atoms with Crippen molar-refractivity contribution in [1.82, 2.24) is 10.2 Å². The molecule has 0 saturated carbocycles. The second-order valence-corrected chi connectivity index (χ2v) is 8.45. The molecule has 0 aliphatic rings. The van der Waals surface area contributed by atoms with Gasteiger partial charge in [-0.15, -0.1) is 21.5 Å². The predicted molar refractivity (Wildman–Crippen MR) is 98.4 cm³/mol. The molecular weight excluding hydrogens is 384 g/mol. The van der Waals surface area contributed by atoms with Gasteiger partial charge in [0.05, 0.1) is 11.4 Å². The molecule has 0 saturated heterocycles. The molecule has 0 atom stereocenters. The first-order valence-corrected chi connectivity index (χ1v) is 9.67. The van der Waals surface area contributed by atoms with E-state index < -0.39 is 10.0 Å². The fourth-order valence-corrected chi connectivity index (χ4v) is 4.38. The van der Waals surface area contributed by atoms with E-state index in [-0.39, 0.29) is 10.0 Å². The number of rotatable bonds is 6. The molecule has 2 aromatic heterocycles. The zero-order chi connectivity index (χ0) is 17.9. The minimum absolute atomic E-state index is 0.111. The Morgan fingerprint density at radius 2 is 1.68 bits per heavy atom. The van der Waals surface area contributed by atoms with Gasteiger partial charge in [-0.25, -0.2) is 8.42 Å². The number of nitrogens with one attached hydrogen (secondary N) is 2. The van der Waals surface area contributed by atoms with Crippen LogP contribution in [0.2, 0.25) is 4.34 Å². The lowest BCUT2D eigenvalue weighted by Gasteiger charge is -2.08. The average molecular weight is 397 g/mol. The summed E-state index contributed by atoms with van der Waals surface area (Å²) in [6.45, 7) is 0. The van der Waals surface area contributed by atoms with E-state index in [4.69, 9.17) is 16.3 Å². The van der Waals surface area contributed by atoms with E-state index in [9.17, 15) is 8.42 Å². The quantitative estimate of drug-likeness (QED) is 0.659. The molecule has 0 unspecified atom stereocenters. The molecule has 2 N–H and O–H groups in total. The minimum atomic E-state index is -3.72. The van der Waals surface area contributed by atoms with Crippen molar-refractivity contribution < 1.29 is 13.2 Å². The van der Waals surface area contributed by atoms with Gasteiger partial charge in [0.25, 0.3) is 10.0 Å². The highest BCUT2D eigenvalue weighted by molar-refractivity contribution is 7.94. The monoisotopic (exact) mass is 396 g/mol. The minimum Gasteiger partial charge on any atom is -0.497 e. The van der Waals surface area contributed by atoms with Crippen molar-refractivity contribution in [2.24, 2.45) is 0 Å². The van der Waals surface area contributed by atoms with Crippen molar-refractivity contribution in [2.75, 3.05) is 17.1 Å². The van der Waals surface area contributed by atoms with Gasteiger partial charge in [0, 0.05) is 5.69 Å². The van der Waals surface area contributed by atoms with Gasteiger partial charge in [0.15, 0.2) is 11.6 Å². The number of nitrogens with zero attached hydrogens (tertiary/aromatic N) is 2. The van der Waals surface area contributed by atoms with Crippen LogP contribution in [0.15, 0.2) is 52.7 Å². The molecule has 0 bridgehead atoms. The third-order valence-electron chi connectivity index (χ3n) is 3.08. The van der Waals surface area contributed by atoms with E-state index in [1.165, 1.54) is 18.2 Å². The number of halogens is 1. The van der Waals surface area contributed by atoms with E-state index in [0.29, 0.717) is 10.2 Å². The molecule has 25 heavy (non-hydrogen) atoms. The highest BCUT2D eigenvalue weighted by atomic mass is 35.5. The largest absolute Gasteiger partial charge is 0.497 e. The molecule has 0 aliphatic carbocycles. The first kappa shape index (κ1) is 17.5. The van der Waals surface area contributed by atoms with Crippen LogP contribution >= 0.6 is 22.9 Å². The fourth-order valence-electron chi connectivity index (χ4n) is 1.91. The number of hydrogen-bond acceptors (Lipinski definition) is 7. The van der Waals surface area contributed by atoms with Crippen LogP contribution in [-0.2, 0) is 10.0 Å². The maximum absolute atomic E-state index is 12.2. The van der Waals surface area contributed by atoms with Crippen LogP contribution in [0.3, 0.4) is 0 Å². The second kappa shape index (κ2) is 7.26. The molecule has 0 fully saturated rings. The highest BCUT2D eigenvalue weighted by Crippen LogP contribution is 2.27. The van der Waals surface area contributed by atoms with Crippen LogP contribution < -0.4 is 14.8 Å². The summed E-state index contributed by atoms with van der Waals surface area (Å²) in [5.74, 6) is 1.34. The molecule has 0 aliphatic heterocycles. The number of aromatic nitrogens is 2. The molecule has 2 heterocycles. The summed E-state index contributed by atoms with van der Waals surface area (Å²) >= 11 is 6.73. The lowest BCUT2D eigenvalue weighted by Crippen LogP contribution is -2.13. The summed E-state index contributed by atoms with van der Waals surface area (Å²) < 4.78 is 32.3. The topological polar surface area (TPSA) is 93.2 Å². The Hall–Kier alpha value is -2.36. The third kappa shape index (κ3) is 4.38. The van der Waals surface area contributed by atoms with E-state index in [1.54, 1.807) is 13.2 Å². The molecular formula is C15H13ClN4O3S2. The maximum Gasteiger partial charge on any atom is 0.272 e. The number of benzene rings is 1. The van der Waals surface area contributed by atoms with E-state index in [0.717, 1.165) is 22.8 Å². The molecule has 3 aromatic rings. The lowest BCUT2D eigenvalue weighted by atomic mass is 10.3. The number of sulfonamides is 1. The molecule has 0 amide bonds. The van der Waals surface area contributed by atoms with Crippen molar-refractivity contribution >= 4 is 50.3 Å². The highest BCUT2D eigenvalue weighted by Gasteiger charge is 2.17. The molecule has 0 radical (unpaired) electrons. The van der Waals surface area contributed by atoms with Crippen molar-refractivity contribution in [3.05, 3.63) is 52.9 Å². The Balaban J connectivity index is 1.69. The summed E-state index contributed by atoms with van der Waals surface area (Å²) in [5, 5.41) is 10.9. The van der Waals surface area contributed by atoms with Crippen LogP contribution in [0.25, 0.3) is 0 Å². The molecule has 7 nitrogen and oxygen atoms in total. The molecule has 130 valence electrons. The van der Waals surface area contributed by atoms with Gasteiger partial charge in [-0.2, -0.15) is 0 Å². The Morgan fingerprint density at radius 3 is 2.24 bits per heavy atom. The number of ether oxygens (including phenoxy) is 1. The Kier molecular flexibility index (Phi) is 5.07. The first-order valence-electron chi connectivity index (χ1n) is 6.99. The Morgan fingerprint density at radius 1 is 1.00 bits per heavy atom. The molecule has 3 rings (SSSR count). The van der Waals surface area contributed by atoms with E-state index in [2.05, 4.69) is 20.2 Å². The first-order chi connectivity index (χ1) is 12.0. The molecule has 1 aromatic carbocycles. The predicted octanol–water partition coefficient (Wildman–Crippen LogP) is 3.74. The summed E-state index contributed by atoms with van der Waals surface area (Å²) in [4.78, 5) is 0. The standard InChI is InChI=1S/C15H13ClN4O3S2/c1-23-11-4-2-10(3-5-11)17-13-7-8-14(19-18-13)20-25(21,22)15-9-6-12(16)24-15/h2-9H,1H3,(H,17,18)(H,19,20). The van der Waals surface area contributed by atoms with Gasteiger partial charge in [-0.3, -0.25) is 4.72 Å². The summed E-state index contributed by atoms with van der Waals surface area (Å²) in [5.41, 5.74) is 0.802. The SMILES string of the molecule is COc1ccc(Nc2ccc(NS(=O)(=O)c3ccc(Cl)s3)nn2)cc1. The normalized spacial score (nSPS) is 11.1. The van der Waals surface area contributed by atoms with Gasteiger partial charge >= 0.3 is 0 Å². The van der Waals surface area contributed by atoms with E-state index >= 15 is 0 Å². The smallest absolute Gasteiger partial charge is 0.272 e. The van der Waals surface area contributed by atoms with Crippen LogP contribution in [0.5, 0.6) is 5.75 Å². The van der Waals surface area contributed by atoms with E-state index in [1.807, 2.05) is 24.3 Å². The third-order valence-corrected chi connectivity index (χ3v) is 6.16. The molecule has 10 heteroatoms. The molecule has 0 spiro atoms. The number of methoxy groups -OCH3 is 1. The van der Waals surface area contributed by atoms with Crippen molar-refractivity contribution in [3.63, 3.8) is 0 Å². The zero-order valence-corrected chi connectivity index (χ0v) is 15.3. The second-order valence-electron chi connectivity index (χ2n) is 4.82. The van der Waals surface area contributed by atoms with Crippen molar-refractivity contribution in [2.45, 2.75) is 4.21 Å². The van der Waals surface area contributed by atoms with Crippen LogP contribution in [0.1, 0.15) is 0 Å². The van der Waals surface area contributed by atoms with Gasteiger partial charge < -0.3 is 10.1 Å². The van der Waals surface area contributed by atoms with Crippen LogP contribution in [-0.4, -0.2) is 25.7 Å². The lowest BCUT2D eigenvalue weighted by molar-refractivity contribution is 0.415. The van der Waals surface area contributed by atoms with Gasteiger partial charge in [0.2, 0.25) is 0 Å². The number of anilines is 3. The summed E-state index contributed by atoms with van der Waals surface area (Å²) in [7, 11) is -2.13. The van der Waals surface area contributed by atoms with Crippen molar-refractivity contribution in [3.8, 4) is 5.75 Å². The van der Waals surface area contributed by atoms with Crippen LogP contribution in [0.4, 0.5) is 17.3 Å². The maximum atomic E-state index is 12.2. The van der Waals surface area contributed by atoms with Crippen LogP contribution in [0, 0.1) is 0 Å².